The minimum absolute atomic E-state index is 0.105. The number of nitro groups is 1. The van der Waals surface area contributed by atoms with E-state index in [1.54, 1.807) is 4.90 Å². The van der Waals surface area contributed by atoms with E-state index in [4.69, 9.17) is 0 Å². The van der Waals surface area contributed by atoms with Crippen molar-refractivity contribution in [3.8, 4) is 0 Å². The summed E-state index contributed by atoms with van der Waals surface area (Å²) in [6.45, 7) is 2.73. The fourth-order valence-corrected chi connectivity index (χ4v) is 5.07. The Bertz CT molecular complexity index is 1260. The van der Waals surface area contributed by atoms with Gasteiger partial charge in [-0.05, 0) is 49.3 Å². The highest BCUT2D eigenvalue weighted by Gasteiger charge is 2.44. The first-order chi connectivity index (χ1) is 17.1. The predicted octanol–water partition coefficient (Wildman–Crippen LogP) is 3.74. The first kappa shape index (κ1) is 25.2. The maximum Gasteiger partial charge on any atom is 0.345 e. The number of aryl methyl sites for hydroxylation is 1. The molecule has 11 heteroatoms. The summed E-state index contributed by atoms with van der Waals surface area (Å²) < 4.78 is 33.3. The Balaban J connectivity index is 1.49. The molecule has 0 N–H and O–H groups in total. The Hall–Kier alpha value is -3.89. The summed E-state index contributed by atoms with van der Waals surface area (Å²) in [6, 6.07) is 6.20. The average molecular weight is 501 g/mol. The second-order valence-electron chi connectivity index (χ2n) is 9.27. The molecule has 0 bridgehead atoms. The van der Waals surface area contributed by atoms with Gasteiger partial charge in [0.25, 0.3) is 17.5 Å². The molecular formula is C25H25F2N3O6. The van der Waals surface area contributed by atoms with Crippen LogP contribution >= 0.6 is 0 Å². The van der Waals surface area contributed by atoms with Gasteiger partial charge in [0.1, 0.15) is 22.8 Å². The van der Waals surface area contributed by atoms with Gasteiger partial charge in [-0.25, -0.2) is 13.6 Å². The molecule has 2 saturated heterocycles. The summed E-state index contributed by atoms with van der Waals surface area (Å²) in [5.74, 6) is -3.95. The highest BCUT2D eigenvalue weighted by Crippen LogP contribution is 2.41. The number of esters is 1. The number of carbonyl (C=O) groups is 3. The van der Waals surface area contributed by atoms with Gasteiger partial charge >= 0.3 is 5.97 Å². The van der Waals surface area contributed by atoms with Crippen LogP contribution in [0, 0.1) is 34.1 Å². The molecule has 2 aliphatic rings. The van der Waals surface area contributed by atoms with Gasteiger partial charge < -0.3 is 14.5 Å². The van der Waals surface area contributed by atoms with E-state index in [-0.39, 0.29) is 29.6 Å². The second kappa shape index (κ2) is 9.63. The number of amides is 2. The molecule has 36 heavy (non-hydrogen) atoms. The lowest BCUT2D eigenvalue weighted by molar-refractivity contribution is -0.385. The number of piperidine rings is 1. The van der Waals surface area contributed by atoms with E-state index in [1.165, 1.54) is 30.0 Å². The maximum atomic E-state index is 14.5. The lowest BCUT2D eigenvalue weighted by atomic mass is 9.77. The number of hydrogen-bond donors (Lipinski definition) is 0. The van der Waals surface area contributed by atoms with Gasteiger partial charge in [-0.15, -0.1) is 0 Å². The molecular weight excluding hydrogens is 476 g/mol. The van der Waals surface area contributed by atoms with Gasteiger partial charge in [-0.2, -0.15) is 0 Å². The number of nitro benzene ring substituents is 1. The standard InChI is InChI=1S/C25H25F2N3O6/c1-15-6-7-17(26)20(21(15)27)23(32)28-11-8-25(9-12-28)10-13-29(14-25)22(31)16-4-3-5-18(30(34)35)19(16)24(33)36-2/h3-7H,8-14H2,1-2H3. The summed E-state index contributed by atoms with van der Waals surface area (Å²) in [6.07, 6.45) is 1.68. The molecule has 4 rings (SSSR count). The molecule has 0 unspecified atom stereocenters. The molecule has 1 spiro atoms. The van der Waals surface area contributed by atoms with Gasteiger partial charge in [0.2, 0.25) is 0 Å². The normalized spacial score (nSPS) is 16.8. The number of ether oxygens (including phenoxy) is 1. The zero-order valence-electron chi connectivity index (χ0n) is 19.9. The van der Waals surface area contributed by atoms with Crippen molar-refractivity contribution >= 4 is 23.5 Å². The van der Waals surface area contributed by atoms with Crippen LogP contribution in [0.15, 0.2) is 30.3 Å². The molecule has 2 fully saturated rings. The van der Waals surface area contributed by atoms with Gasteiger partial charge in [0.15, 0.2) is 0 Å². The minimum atomic E-state index is -0.970. The molecule has 0 saturated carbocycles. The summed E-state index contributed by atoms with van der Waals surface area (Å²) in [5, 5.41) is 11.4. The van der Waals surface area contributed by atoms with Crippen LogP contribution in [0.5, 0.6) is 0 Å². The molecule has 2 heterocycles. The molecule has 0 aliphatic carbocycles. The third-order valence-electron chi connectivity index (χ3n) is 7.19. The van der Waals surface area contributed by atoms with Crippen LogP contribution in [0.4, 0.5) is 14.5 Å². The number of hydrogen-bond acceptors (Lipinski definition) is 6. The summed E-state index contributed by atoms with van der Waals surface area (Å²) in [7, 11) is 1.09. The highest BCUT2D eigenvalue weighted by atomic mass is 19.1. The number of benzene rings is 2. The summed E-state index contributed by atoms with van der Waals surface area (Å²) in [4.78, 5) is 52.1. The van der Waals surface area contributed by atoms with Gasteiger partial charge in [-0.1, -0.05) is 12.1 Å². The van der Waals surface area contributed by atoms with Crippen LogP contribution in [-0.4, -0.2) is 65.8 Å². The molecule has 9 nitrogen and oxygen atoms in total. The van der Waals surface area contributed by atoms with Crippen molar-refractivity contribution in [3.63, 3.8) is 0 Å². The maximum absolute atomic E-state index is 14.5. The molecule has 0 radical (unpaired) electrons. The van der Waals surface area contributed by atoms with Gasteiger partial charge in [-0.3, -0.25) is 19.7 Å². The molecule has 2 amide bonds. The first-order valence-electron chi connectivity index (χ1n) is 11.5. The van der Waals surface area contributed by atoms with Crippen molar-refractivity contribution in [2.24, 2.45) is 5.41 Å². The van der Waals surface area contributed by atoms with E-state index >= 15 is 0 Å². The van der Waals surface area contributed by atoms with Gasteiger partial charge in [0.05, 0.1) is 17.6 Å². The lowest BCUT2D eigenvalue weighted by Crippen LogP contribution is -2.45. The minimum Gasteiger partial charge on any atom is -0.465 e. The molecule has 0 atom stereocenters. The number of carbonyl (C=O) groups excluding carboxylic acids is 3. The van der Waals surface area contributed by atoms with Crippen molar-refractivity contribution in [2.45, 2.75) is 26.2 Å². The number of methoxy groups -OCH3 is 1. The van der Waals surface area contributed by atoms with Crippen molar-refractivity contribution < 1.29 is 32.8 Å². The van der Waals surface area contributed by atoms with Crippen LogP contribution in [0.25, 0.3) is 0 Å². The van der Waals surface area contributed by atoms with Crippen LogP contribution in [0.1, 0.15) is 55.9 Å². The topological polar surface area (TPSA) is 110 Å². The third-order valence-corrected chi connectivity index (χ3v) is 7.19. The Kier molecular flexibility index (Phi) is 6.75. The van der Waals surface area contributed by atoms with E-state index in [1.807, 2.05) is 0 Å². The third kappa shape index (κ3) is 4.40. The van der Waals surface area contributed by atoms with Crippen molar-refractivity contribution in [1.82, 2.24) is 9.80 Å². The van der Waals surface area contributed by atoms with Crippen LogP contribution < -0.4 is 0 Å². The van der Waals surface area contributed by atoms with E-state index in [2.05, 4.69) is 4.74 Å². The average Bonchev–Trinajstić information content (AvgIpc) is 3.28. The lowest BCUT2D eigenvalue weighted by Gasteiger charge is -2.39. The molecule has 2 aliphatic heterocycles. The van der Waals surface area contributed by atoms with Crippen LogP contribution in [-0.2, 0) is 4.74 Å². The SMILES string of the molecule is COC(=O)c1c(C(=O)N2CCC3(CCN(C(=O)c4c(F)ccc(C)c4F)CC3)C2)cccc1[N+](=O)[O-]. The highest BCUT2D eigenvalue weighted by molar-refractivity contribution is 6.08. The number of halogens is 2. The van der Waals surface area contributed by atoms with Crippen molar-refractivity contribution in [1.29, 1.82) is 0 Å². The van der Waals surface area contributed by atoms with Crippen LogP contribution in [0.3, 0.4) is 0 Å². The Labute approximate surface area is 205 Å². The van der Waals surface area contributed by atoms with E-state index in [9.17, 15) is 33.3 Å². The Morgan fingerprint density at radius 1 is 0.972 bits per heavy atom. The largest absolute Gasteiger partial charge is 0.465 e. The number of rotatable bonds is 4. The fourth-order valence-electron chi connectivity index (χ4n) is 5.07. The van der Waals surface area contributed by atoms with Crippen molar-refractivity contribution in [2.75, 3.05) is 33.3 Å². The molecule has 2 aromatic rings. The number of nitrogens with zero attached hydrogens (tertiary/aromatic N) is 3. The molecule has 190 valence electrons. The first-order valence-corrected chi connectivity index (χ1v) is 11.5. The Morgan fingerprint density at radius 3 is 2.22 bits per heavy atom. The second-order valence-corrected chi connectivity index (χ2v) is 9.27. The monoisotopic (exact) mass is 501 g/mol. The Morgan fingerprint density at radius 2 is 1.61 bits per heavy atom. The zero-order chi connectivity index (χ0) is 26.2. The van der Waals surface area contributed by atoms with E-state index < -0.39 is 51.2 Å². The van der Waals surface area contributed by atoms with E-state index in [0.717, 1.165) is 19.2 Å². The van der Waals surface area contributed by atoms with Crippen molar-refractivity contribution in [3.05, 3.63) is 74.3 Å². The van der Waals surface area contributed by atoms with Gasteiger partial charge in [0, 0.05) is 32.2 Å². The fraction of sp³-hybridized carbons (Fsp3) is 0.400. The quantitative estimate of drug-likeness (QED) is 0.359. The number of likely N-dealkylation sites (tertiary alicyclic amines) is 2. The van der Waals surface area contributed by atoms with Crippen LogP contribution in [0.2, 0.25) is 0 Å². The smallest absolute Gasteiger partial charge is 0.345 e. The summed E-state index contributed by atoms with van der Waals surface area (Å²) in [5.41, 5.74) is -1.68. The van der Waals surface area contributed by atoms with E-state index in [0.29, 0.717) is 32.4 Å². The zero-order valence-corrected chi connectivity index (χ0v) is 19.9. The molecule has 2 aromatic carbocycles. The molecule has 0 aromatic heterocycles. The summed E-state index contributed by atoms with van der Waals surface area (Å²) >= 11 is 0. The predicted molar refractivity (Wildman–Crippen MR) is 124 cm³/mol.